The molecule has 1 aromatic rings. The lowest BCUT2D eigenvalue weighted by molar-refractivity contribution is -0.115. The number of rotatable bonds is 6. The number of aromatic carboxylic acids is 1. The molecule has 1 aromatic carbocycles. The zero-order valence-corrected chi connectivity index (χ0v) is 10.00. The van der Waals surface area contributed by atoms with Crippen LogP contribution in [-0.2, 0) is 4.79 Å². The minimum Gasteiger partial charge on any atom is -0.478 e. The lowest BCUT2D eigenvalue weighted by Crippen LogP contribution is -2.29. The van der Waals surface area contributed by atoms with Crippen LogP contribution in [0.5, 0.6) is 0 Å². The van der Waals surface area contributed by atoms with Crippen molar-refractivity contribution >= 4 is 17.6 Å². The molecule has 5 nitrogen and oxygen atoms in total. The fraction of sp³-hybridized carbons (Fsp3) is 0.333. The van der Waals surface area contributed by atoms with Gasteiger partial charge in [0.15, 0.2) is 0 Å². The van der Waals surface area contributed by atoms with Gasteiger partial charge in [-0.2, -0.15) is 0 Å². The van der Waals surface area contributed by atoms with Crippen LogP contribution in [0.4, 0.5) is 10.1 Å². The van der Waals surface area contributed by atoms with Crippen molar-refractivity contribution in [2.45, 2.75) is 13.3 Å². The summed E-state index contributed by atoms with van der Waals surface area (Å²) in [6.45, 7) is 2.63. The van der Waals surface area contributed by atoms with Gasteiger partial charge in [-0.25, -0.2) is 9.18 Å². The van der Waals surface area contributed by atoms with Gasteiger partial charge in [0, 0.05) is 0 Å². The molecule has 0 radical (unpaired) electrons. The molecule has 3 N–H and O–H groups in total. The summed E-state index contributed by atoms with van der Waals surface area (Å²) in [6.07, 6.45) is 0.868. The molecule has 0 aliphatic rings. The van der Waals surface area contributed by atoms with E-state index in [0.717, 1.165) is 12.5 Å². The van der Waals surface area contributed by atoms with Crippen molar-refractivity contribution in [2.24, 2.45) is 0 Å². The van der Waals surface area contributed by atoms with Gasteiger partial charge >= 0.3 is 5.97 Å². The van der Waals surface area contributed by atoms with Crippen LogP contribution in [0.3, 0.4) is 0 Å². The Labute approximate surface area is 104 Å². The molecule has 98 valence electrons. The van der Waals surface area contributed by atoms with Gasteiger partial charge < -0.3 is 15.7 Å². The lowest BCUT2D eigenvalue weighted by atomic mass is 10.1. The molecule has 0 unspecified atom stereocenters. The van der Waals surface area contributed by atoms with Crippen molar-refractivity contribution in [1.29, 1.82) is 0 Å². The van der Waals surface area contributed by atoms with E-state index in [9.17, 15) is 14.0 Å². The number of halogens is 1. The number of anilines is 1. The highest BCUT2D eigenvalue weighted by Gasteiger charge is 2.16. The molecular weight excluding hydrogens is 239 g/mol. The van der Waals surface area contributed by atoms with E-state index in [1.165, 1.54) is 12.1 Å². The second-order valence-electron chi connectivity index (χ2n) is 3.69. The molecule has 0 spiro atoms. The molecule has 0 aromatic heterocycles. The van der Waals surface area contributed by atoms with Crippen LogP contribution in [0, 0.1) is 5.82 Å². The zero-order chi connectivity index (χ0) is 13.5. The number of amides is 1. The van der Waals surface area contributed by atoms with Gasteiger partial charge in [-0.3, -0.25) is 4.79 Å². The summed E-state index contributed by atoms with van der Waals surface area (Å²) in [6, 6.07) is 3.62. The molecule has 0 fully saturated rings. The number of carboxylic acid groups (broad SMARTS) is 1. The van der Waals surface area contributed by atoms with E-state index in [4.69, 9.17) is 5.11 Å². The van der Waals surface area contributed by atoms with E-state index in [0.29, 0.717) is 6.54 Å². The summed E-state index contributed by atoms with van der Waals surface area (Å²) in [7, 11) is 0. The summed E-state index contributed by atoms with van der Waals surface area (Å²) >= 11 is 0. The number of carboxylic acids is 1. The Hall–Kier alpha value is -1.95. The molecule has 0 heterocycles. The predicted octanol–water partition coefficient (Wildman–Crippen LogP) is 1.46. The molecule has 18 heavy (non-hydrogen) atoms. The van der Waals surface area contributed by atoms with Gasteiger partial charge in [0.2, 0.25) is 5.91 Å². The Balaban J connectivity index is 2.77. The molecular formula is C12H15FN2O3. The summed E-state index contributed by atoms with van der Waals surface area (Å²) in [5, 5.41) is 14.0. The Bertz CT molecular complexity index is 449. The first-order valence-electron chi connectivity index (χ1n) is 5.58. The van der Waals surface area contributed by atoms with Crippen molar-refractivity contribution in [2.75, 3.05) is 18.4 Å². The monoisotopic (exact) mass is 254 g/mol. The van der Waals surface area contributed by atoms with Gasteiger partial charge in [0.1, 0.15) is 5.82 Å². The third kappa shape index (κ3) is 3.81. The van der Waals surface area contributed by atoms with Crippen LogP contribution in [-0.4, -0.2) is 30.1 Å². The maximum absolute atomic E-state index is 13.5. The number of nitrogens with one attached hydrogen (secondary N) is 2. The number of para-hydroxylation sites is 1. The van der Waals surface area contributed by atoms with Crippen LogP contribution >= 0.6 is 0 Å². The first kappa shape index (κ1) is 14.1. The molecule has 1 rings (SSSR count). The predicted molar refractivity (Wildman–Crippen MR) is 65.1 cm³/mol. The first-order chi connectivity index (χ1) is 8.56. The second-order valence-corrected chi connectivity index (χ2v) is 3.69. The Kier molecular flexibility index (Phi) is 5.26. The Morgan fingerprint density at radius 1 is 1.39 bits per heavy atom. The number of benzene rings is 1. The van der Waals surface area contributed by atoms with E-state index in [-0.39, 0.29) is 17.8 Å². The van der Waals surface area contributed by atoms with Crippen LogP contribution in [0.1, 0.15) is 23.7 Å². The molecule has 0 bridgehead atoms. The maximum atomic E-state index is 13.5. The van der Waals surface area contributed by atoms with Gasteiger partial charge in [0.05, 0.1) is 17.8 Å². The van der Waals surface area contributed by atoms with Crippen LogP contribution in [0.15, 0.2) is 18.2 Å². The molecule has 0 saturated heterocycles. The number of carbonyl (C=O) groups is 2. The zero-order valence-electron chi connectivity index (χ0n) is 10.00. The fourth-order valence-electron chi connectivity index (χ4n) is 1.39. The smallest absolute Gasteiger partial charge is 0.337 e. The highest BCUT2D eigenvalue weighted by molar-refractivity contribution is 6.01. The molecule has 0 saturated carbocycles. The van der Waals surface area contributed by atoms with Crippen LogP contribution in [0.2, 0.25) is 0 Å². The summed E-state index contributed by atoms with van der Waals surface area (Å²) in [5.41, 5.74) is -0.563. The fourth-order valence-corrected chi connectivity index (χ4v) is 1.39. The summed E-state index contributed by atoms with van der Waals surface area (Å²) < 4.78 is 13.5. The minimum atomic E-state index is -1.29. The van der Waals surface area contributed by atoms with E-state index < -0.39 is 17.7 Å². The third-order valence-corrected chi connectivity index (χ3v) is 2.22. The van der Waals surface area contributed by atoms with E-state index >= 15 is 0 Å². The number of hydrogen-bond donors (Lipinski definition) is 3. The van der Waals surface area contributed by atoms with Crippen molar-refractivity contribution in [3.63, 3.8) is 0 Å². The standard InChI is InChI=1S/C12H15FN2O3/c1-2-6-14-7-10(16)15-11-8(12(17)18)4-3-5-9(11)13/h3-5,14H,2,6-7H2,1H3,(H,15,16)(H,17,18). The molecule has 0 aliphatic carbocycles. The number of hydrogen-bond acceptors (Lipinski definition) is 3. The average molecular weight is 254 g/mol. The third-order valence-electron chi connectivity index (χ3n) is 2.22. The SMILES string of the molecule is CCCNCC(=O)Nc1c(F)cccc1C(=O)O. The maximum Gasteiger partial charge on any atom is 0.337 e. The van der Waals surface area contributed by atoms with E-state index in [1.807, 2.05) is 6.92 Å². The van der Waals surface area contributed by atoms with Crippen molar-refractivity contribution in [3.05, 3.63) is 29.6 Å². The van der Waals surface area contributed by atoms with Crippen LogP contribution < -0.4 is 10.6 Å². The minimum absolute atomic E-state index is 0.0151. The quantitative estimate of drug-likeness (QED) is 0.672. The largest absolute Gasteiger partial charge is 0.478 e. The normalized spacial score (nSPS) is 10.1. The second kappa shape index (κ2) is 6.70. The Morgan fingerprint density at radius 3 is 2.72 bits per heavy atom. The molecule has 1 amide bonds. The highest BCUT2D eigenvalue weighted by atomic mass is 19.1. The van der Waals surface area contributed by atoms with Gasteiger partial charge in [-0.15, -0.1) is 0 Å². The summed E-state index contributed by atoms with van der Waals surface area (Å²) in [5.74, 6) is -2.53. The van der Waals surface area contributed by atoms with Gasteiger partial charge in [-0.05, 0) is 25.1 Å². The molecule has 0 atom stereocenters. The average Bonchev–Trinajstić information content (AvgIpc) is 2.31. The van der Waals surface area contributed by atoms with Gasteiger partial charge in [-0.1, -0.05) is 13.0 Å². The molecule has 6 heteroatoms. The van der Waals surface area contributed by atoms with E-state index in [2.05, 4.69) is 10.6 Å². The van der Waals surface area contributed by atoms with E-state index in [1.54, 1.807) is 0 Å². The van der Waals surface area contributed by atoms with Gasteiger partial charge in [0.25, 0.3) is 0 Å². The topological polar surface area (TPSA) is 78.4 Å². The highest BCUT2D eigenvalue weighted by Crippen LogP contribution is 2.19. The lowest BCUT2D eigenvalue weighted by Gasteiger charge is -2.09. The van der Waals surface area contributed by atoms with Crippen molar-refractivity contribution in [1.82, 2.24) is 5.32 Å². The van der Waals surface area contributed by atoms with Crippen LogP contribution in [0.25, 0.3) is 0 Å². The van der Waals surface area contributed by atoms with Crippen molar-refractivity contribution in [3.8, 4) is 0 Å². The van der Waals surface area contributed by atoms with Crippen molar-refractivity contribution < 1.29 is 19.1 Å². The Morgan fingerprint density at radius 2 is 2.11 bits per heavy atom. The first-order valence-corrected chi connectivity index (χ1v) is 5.58. The number of carbonyl (C=O) groups excluding carboxylic acids is 1. The molecule has 0 aliphatic heterocycles. The summed E-state index contributed by atoms with van der Waals surface area (Å²) in [4.78, 5) is 22.4.